The van der Waals surface area contributed by atoms with Gasteiger partial charge in [-0.3, -0.25) is 0 Å². The summed E-state index contributed by atoms with van der Waals surface area (Å²) in [5.41, 5.74) is 4.96. The second kappa shape index (κ2) is 5.13. The molecule has 1 rings (SSSR count). The number of nitrogen functional groups attached to an aromatic ring is 1. The summed E-state index contributed by atoms with van der Waals surface area (Å²) in [4.78, 5) is 10.3. The maximum Gasteiger partial charge on any atom is 0.335 e. The summed E-state index contributed by atoms with van der Waals surface area (Å²) >= 11 is 0. The van der Waals surface area contributed by atoms with Crippen LogP contribution in [0.5, 0.6) is 0 Å². The second-order valence-corrected chi connectivity index (χ2v) is 2.04. The molecular formula is C9H12FNO2. The molecule has 0 saturated heterocycles. The van der Waals surface area contributed by atoms with Crippen LogP contribution in [0.3, 0.4) is 0 Å². The Hall–Kier alpha value is -1.58. The number of anilines is 1. The van der Waals surface area contributed by atoms with Crippen molar-refractivity contribution in [3.63, 3.8) is 0 Å². The standard InChI is InChI=1S/C7H6FNO2.C2H6/c8-5-2-1-4(7(10)11)3-6(5)9;1-2/h1-3H,9H2,(H,10,11);1-2H3. The van der Waals surface area contributed by atoms with Crippen molar-refractivity contribution in [2.24, 2.45) is 0 Å². The van der Waals surface area contributed by atoms with Crippen molar-refractivity contribution < 1.29 is 14.3 Å². The predicted molar refractivity (Wildman–Crippen MR) is 49.1 cm³/mol. The molecule has 0 saturated carbocycles. The summed E-state index contributed by atoms with van der Waals surface area (Å²) in [5, 5.41) is 8.42. The Labute approximate surface area is 76.0 Å². The molecule has 0 aliphatic rings. The van der Waals surface area contributed by atoms with Gasteiger partial charge in [-0.25, -0.2) is 9.18 Å². The zero-order chi connectivity index (χ0) is 10.4. The first-order valence-electron chi connectivity index (χ1n) is 3.89. The fraction of sp³-hybridized carbons (Fsp3) is 0.222. The lowest BCUT2D eigenvalue weighted by molar-refractivity contribution is 0.0697. The summed E-state index contributed by atoms with van der Waals surface area (Å²) in [5.74, 6) is -1.72. The molecular weight excluding hydrogens is 173 g/mol. The van der Waals surface area contributed by atoms with Gasteiger partial charge in [0.05, 0.1) is 11.3 Å². The minimum Gasteiger partial charge on any atom is -0.478 e. The lowest BCUT2D eigenvalue weighted by atomic mass is 10.2. The highest BCUT2D eigenvalue weighted by molar-refractivity contribution is 5.88. The number of hydrogen-bond donors (Lipinski definition) is 2. The van der Waals surface area contributed by atoms with Gasteiger partial charge in [0.2, 0.25) is 0 Å². The highest BCUT2D eigenvalue weighted by Crippen LogP contribution is 2.11. The van der Waals surface area contributed by atoms with E-state index in [1.165, 1.54) is 0 Å². The van der Waals surface area contributed by atoms with Gasteiger partial charge in [-0.2, -0.15) is 0 Å². The largest absolute Gasteiger partial charge is 0.478 e. The van der Waals surface area contributed by atoms with Crippen LogP contribution in [0.4, 0.5) is 10.1 Å². The summed E-state index contributed by atoms with van der Waals surface area (Å²) in [7, 11) is 0. The van der Waals surface area contributed by atoms with Crippen molar-refractivity contribution >= 4 is 11.7 Å². The first-order chi connectivity index (χ1) is 6.11. The molecule has 3 nitrogen and oxygen atoms in total. The summed E-state index contributed by atoms with van der Waals surface area (Å²) < 4.78 is 12.4. The van der Waals surface area contributed by atoms with E-state index < -0.39 is 11.8 Å². The molecule has 0 aromatic heterocycles. The number of carbonyl (C=O) groups is 1. The van der Waals surface area contributed by atoms with Crippen molar-refractivity contribution in [1.29, 1.82) is 0 Å². The van der Waals surface area contributed by atoms with Crippen LogP contribution in [0.2, 0.25) is 0 Å². The molecule has 1 aromatic rings. The highest BCUT2D eigenvalue weighted by Gasteiger charge is 2.04. The fourth-order valence-electron chi connectivity index (χ4n) is 0.677. The molecule has 0 aliphatic carbocycles. The second-order valence-electron chi connectivity index (χ2n) is 2.04. The molecule has 1 aromatic carbocycles. The van der Waals surface area contributed by atoms with Crippen LogP contribution in [0.25, 0.3) is 0 Å². The molecule has 0 bridgehead atoms. The molecule has 3 N–H and O–H groups in total. The van der Waals surface area contributed by atoms with E-state index in [1.807, 2.05) is 13.8 Å². The Bertz CT molecular complexity index is 300. The minimum absolute atomic E-state index is 0.0103. The fourth-order valence-corrected chi connectivity index (χ4v) is 0.677. The van der Waals surface area contributed by atoms with Crippen LogP contribution in [0, 0.1) is 5.82 Å². The van der Waals surface area contributed by atoms with Gasteiger partial charge >= 0.3 is 5.97 Å². The van der Waals surface area contributed by atoms with E-state index in [2.05, 4.69) is 0 Å². The van der Waals surface area contributed by atoms with E-state index in [9.17, 15) is 9.18 Å². The lowest BCUT2D eigenvalue weighted by Gasteiger charge is -1.96. The highest BCUT2D eigenvalue weighted by atomic mass is 19.1. The SMILES string of the molecule is CC.Nc1cc(C(=O)O)ccc1F. The van der Waals surface area contributed by atoms with E-state index in [1.54, 1.807) is 0 Å². The van der Waals surface area contributed by atoms with Crippen molar-refractivity contribution in [3.05, 3.63) is 29.6 Å². The summed E-state index contributed by atoms with van der Waals surface area (Å²) in [6.45, 7) is 4.00. The third-order valence-electron chi connectivity index (χ3n) is 1.24. The van der Waals surface area contributed by atoms with Gasteiger partial charge in [0.1, 0.15) is 5.82 Å². The molecule has 0 spiro atoms. The average Bonchev–Trinajstić information content (AvgIpc) is 2.13. The number of aromatic carboxylic acids is 1. The Morgan fingerprint density at radius 2 is 2.00 bits per heavy atom. The van der Waals surface area contributed by atoms with Crippen molar-refractivity contribution in [1.82, 2.24) is 0 Å². The van der Waals surface area contributed by atoms with Gasteiger partial charge in [-0.1, -0.05) is 13.8 Å². The molecule has 72 valence electrons. The van der Waals surface area contributed by atoms with Crippen molar-refractivity contribution in [2.75, 3.05) is 5.73 Å². The number of hydrogen-bond acceptors (Lipinski definition) is 2. The molecule has 4 heteroatoms. The molecule has 0 fully saturated rings. The third-order valence-corrected chi connectivity index (χ3v) is 1.24. The normalized spacial score (nSPS) is 8.54. The number of carboxylic acid groups (broad SMARTS) is 1. The third kappa shape index (κ3) is 3.11. The molecule has 0 unspecified atom stereocenters. The first-order valence-corrected chi connectivity index (χ1v) is 3.89. The van der Waals surface area contributed by atoms with Gasteiger partial charge in [0.15, 0.2) is 0 Å². The van der Waals surface area contributed by atoms with Crippen molar-refractivity contribution in [3.8, 4) is 0 Å². The zero-order valence-electron chi connectivity index (χ0n) is 7.54. The first kappa shape index (κ1) is 11.4. The topological polar surface area (TPSA) is 63.3 Å². The molecule has 0 radical (unpaired) electrons. The van der Waals surface area contributed by atoms with E-state index in [4.69, 9.17) is 10.8 Å². The van der Waals surface area contributed by atoms with E-state index in [0.717, 1.165) is 18.2 Å². The average molecular weight is 185 g/mol. The summed E-state index contributed by atoms with van der Waals surface area (Å²) in [6.07, 6.45) is 0. The van der Waals surface area contributed by atoms with E-state index in [-0.39, 0.29) is 11.3 Å². The molecule has 0 heterocycles. The smallest absolute Gasteiger partial charge is 0.335 e. The molecule has 0 atom stereocenters. The Morgan fingerprint density at radius 3 is 2.38 bits per heavy atom. The lowest BCUT2D eigenvalue weighted by Crippen LogP contribution is -1.99. The van der Waals surface area contributed by atoms with Crippen LogP contribution >= 0.6 is 0 Å². The van der Waals surface area contributed by atoms with Gasteiger partial charge in [0.25, 0.3) is 0 Å². The van der Waals surface area contributed by atoms with Crippen LogP contribution < -0.4 is 5.73 Å². The Balaban J connectivity index is 0.000000671. The Kier molecular flexibility index (Phi) is 4.51. The minimum atomic E-state index is -1.11. The van der Waals surface area contributed by atoms with Gasteiger partial charge < -0.3 is 10.8 Å². The van der Waals surface area contributed by atoms with Crippen molar-refractivity contribution in [2.45, 2.75) is 13.8 Å². The number of halogens is 1. The molecule has 13 heavy (non-hydrogen) atoms. The van der Waals surface area contributed by atoms with Crippen LogP contribution in [0.1, 0.15) is 24.2 Å². The van der Waals surface area contributed by atoms with E-state index in [0.29, 0.717) is 0 Å². The molecule has 0 aliphatic heterocycles. The Morgan fingerprint density at radius 1 is 1.46 bits per heavy atom. The zero-order valence-corrected chi connectivity index (χ0v) is 7.54. The van der Waals surface area contributed by atoms with Gasteiger partial charge in [-0.05, 0) is 18.2 Å². The maximum absolute atomic E-state index is 12.4. The van der Waals surface area contributed by atoms with Crippen LogP contribution in [0.15, 0.2) is 18.2 Å². The number of rotatable bonds is 1. The van der Waals surface area contributed by atoms with Gasteiger partial charge in [-0.15, -0.1) is 0 Å². The maximum atomic E-state index is 12.4. The number of benzene rings is 1. The number of carboxylic acids is 1. The number of nitrogens with two attached hydrogens (primary N) is 1. The van der Waals surface area contributed by atoms with Crippen LogP contribution in [-0.2, 0) is 0 Å². The summed E-state index contributed by atoms with van der Waals surface area (Å²) in [6, 6.07) is 3.27. The quantitative estimate of drug-likeness (QED) is 0.659. The monoisotopic (exact) mass is 185 g/mol. The molecule has 0 amide bonds. The van der Waals surface area contributed by atoms with E-state index >= 15 is 0 Å². The predicted octanol–water partition coefficient (Wildman–Crippen LogP) is 2.13. The van der Waals surface area contributed by atoms with Crippen LogP contribution in [-0.4, -0.2) is 11.1 Å². The van der Waals surface area contributed by atoms with Gasteiger partial charge in [0, 0.05) is 0 Å².